The minimum Gasteiger partial charge on any atom is -0.0752 e. The number of rotatable bonds is 0. The second-order valence-corrected chi connectivity index (χ2v) is 27.5. The van der Waals surface area contributed by atoms with E-state index in [4.69, 9.17) is 0 Å². The molecule has 0 saturated heterocycles. The first-order chi connectivity index (χ1) is 8.75. The summed E-state index contributed by atoms with van der Waals surface area (Å²) in [4.78, 5) is 0. The van der Waals surface area contributed by atoms with E-state index >= 15 is 0 Å². The van der Waals surface area contributed by atoms with Crippen LogP contribution in [0.3, 0.4) is 0 Å². The molecule has 0 amide bonds. The Morgan fingerprint density at radius 1 is 0.667 bits per heavy atom. The molecular formula is C12H15BrI8. The van der Waals surface area contributed by atoms with E-state index in [-0.39, 0.29) is 20.9 Å². The molecule has 1 saturated carbocycles. The number of halogens is 9. The predicted molar refractivity (Wildman–Crippen MR) is 168 cm³/mol. The van der Waals surface area contributed by atoms with Crippen LogP contribution >= 0.6 is 197 Å². The lowest BCUT2D eigenvalue weighted by molar-refractivity contribution is 0.204. The topological polar surface area (TPSA) is 0 Å². The highest BCUT2D eigenvalue weighted by molar-refractivity contribution is 14.2. The first-order valence-corrected chi connectivity index (χ1v) is 15.4. The van der Waals surface area contributed by atoms with E-state index in [2.05, 4.69) is 231 Å². The molecule has 9 heteroatoms. The van der Waals surface area contributed by atoms with Crippen molar-refractivity contribution in [1.29, 1.82) is 0 Å². The molecule has 0 heterocycles. The maximum atomic E-state index is 4.22. The lowest BCUT2D eigenvalue weighted by atomic mass is 9.64. The molecule has 4 unspecified atom stereocenters. The third-order valence-electron chi connectivity index (χ3n) is 4.28. The summed E-state index contributed by atoms with van der Waals surface area (Å²) < 4.78 is 0.380. The highest BCUT2D eigenvalue weighted by Crippen LogP contribution is 2.82. The Morgan fingerprint density at radius 3 is 1.29 bits per heavy atom. The molecule has 1 fully saturated rings. The van der Waals surface area contributed by atoms with Crippen molar-refractivity contribution < 1.29 is 0 Å². The summed E-state index contributed by atoms with van der Waals surface area (Å²) in [6, 6.07) is 0. The molecule has 0 aromatic rings. The fourth-order valence-electron chi connectivity index (χ4n) is 2.84. The molecule has 0 bridgehead atoms. The van der Waals surface area contributed by atoms with E-state index in [0.29, 0.717) is 0 Å². The van der Waals surface area contributed by atoms with E-state index in [0.717, 1.165) is 0 Å². The molecule has 0 N–H and O–H groups in total. The van der Waals surface area contributed by atoms with E-state index in [1.54, 1.807) is 0 Å². The van der Waals surface area contributed by atoms with Crippen molar-refractivity contribution in [3.63, 3.8) is 0 Å². The molecule has 21 heavy (non-hydrogen) atoms. The Morgan fingerprint density at radius 2 is 1.00 bits per heavy atom. The van der Waals surface area contributed by atoms with Crippen LogP contribution in [0.4, 0.5) is 0 Å². The molecule has 126 valence electrons. The third kappa shape index (κ3) is 3.24. The quantitative estimate of drug-likeness (QED) is 0.168. The lowest BCUT2D eigenvalue weighted by Crippen LogP contribution is -2.82. The summed E-state index contributed by atoms with van der Waals surface area (Å²) in [7, 11) is 0. The van der Waals surface area contributed by atoms with Crippen molar-refractivity contribution >= 4 is 197 Å². The summed E-state index contributed by atoms with van der Waals surface area (Å²) in [5, 5.41) is 0. The van der Waals surface area contributed by atoms with Gasteiger partial charge in [-0.05, 0) is 19.3 Å². The standard InChI is InChI=1S/C12H15BrI8/c1-6(2,3)9(16)7(4,14)11(18,19)8(5,15)12(20,21)10(9,13)17/h1-5H3. The molecule has 1 aliphatic rings. The molecule has 0 nitrogen and oxygen atoms in total. The molecule has 0 aliphatic heterocycles. The zero-order chi connectivity index (χ0) is 17.5. The van der Waals surface area contributed by atoms with Gasteiger partial charge in [-0.25, -0.2) is 0 Å². The van der Waals surface area contributed by atoms with Crippen LogP contribution in [-0.4, -0.2) is 15.5 Å². The Balaban J connectivity index is 3.93. The maximum Gasteiger partial charge on any atom is 0.118 e. The fourth-order valence-corrected chi connectivity index (χ4v) is 19.3. The number of hydrogen-bond donors (Lipinski definition) is 0. The monoisotopic (exact) mass is 1250 g/mol. The summed E-state index contributed by atoms with van der Waals surface area (Å²) in [6.07, 6.45) is 0. The van der Waals surface area contributed by atoms with Gasteiger partial charge in [-0.1, -0.05) is 217 Å². The molecule has 1 rings (SSSR count). The van der Waals surface area contributed by atoms with Crippen LogP contribution in [0.2, 0.25) is 0 Å². The largest absolute Gasteiger partial charge is 0.118 e. The highest BCUT2D eigenvalue weighted by atomic mass is 127. The van der Waals surface area contributed by atoms with Crippen LogP contribution < -0.4 is 0 Å². The zero-order valence-corrected chi connectivity index (χ0v) is 30.7. The minimum atomic E-state index is -0.0452. The zero-order valence-electron chi connectivity index (χ0n) is 11.9. The highest BCUT2D eigenvalue weighted by Gasteiger charge is 2.83. The van der Waals surface area contributed by atoms with Gasteiger partial charge in [-0.2, -0.15) is 0 Å². The summed E-state index contributed by atoms with van der Waals surface area (Å²) in [5.41, 5.74) is 0.157. The van der Waals surface area contributed by atoms with Gasteiger partial charge in [0.15, 0.2) is 0 Å². The first kappa shape index (κ1) is 25.4. The van der Waals surface area contributed by atoms with Crippen LogP contribution in [0, 0.1) is 5.41 Å². The second kappa shape index (κ2) is 7.23. The smallest absolute Gasteiger partial charge is 0.0752 e. The van der Waals surface area contributed by atoms with Crippen LogP contribution in [0.5, 0.6) is 0 Å². The average Bonchev–Trinajstić information content (AvgIpc) is 2.23. The van der Waals surface area contributed by atoms with Gasteiger partial charge in [0.1, 0.15) is 5.19 Å². The van der Waals surface area contributed by atoms with E-state index < -0.39 is 0 Å². The minimum absolute atomic E-state index is 0.0452. The Hall–Kier alpha value is 6.32. The summed E-state index contributed by atoms with van der Waals surface area (Å²) in [5.74, 6) is 0. The van der Waals surface area contributed by atoms with Crippen LogP contribution in [0.1, 0.15) is 34.6 Å². The van der Waals surface area contributed by atoms with Gasteiger partial charge in [-0.3, -0.25) is 0 Å². The normalized spacial score (nSPS) is 50.0. The number of alkyl halides is 9. The average molecular weight is 1250 g/mol. The van der Waals surface area contributed by atoms with Crippen molar-refractivity contribution in [2.45, 2.75) is 50.1 Å². The SMILES string of the molecule is CC(C)(C)C1(I)C(C)(I)C(I)(I)C(C)(I)C(I)(I)C1(Br)I. The van der Waals surface area contributed by atoms with Crippen LogP contribution in [0.25, 0.3) is 0 Å². The Labute approximate surface area is 246 Å². The maximum absolute atomic E-state index is 4.22. The molecule has 0 spiro atoms. The van der Waals surface area contributed by atoms with Crippen molar-refractivity contribution in [2.24, 2.45) is 5.41 Å². The van der Waals surface area contributed by atoms with Crippen LogP contribution in [0.15, 0.2) is 0 Å². The van der Waals surface area contributed by atoms with E-state index in [1.807, 2.05) is 0 Å². The van der Waals surface area contributed by atoms with Crippen molar-refractivity contribution in [3.05, 3.63) is 0 Å². The van der Waals surface area contributed by atoms with Gasteiger partial charge in [0.25, 0.3) is 0 Å². The molecule has 4 atom stereocenters. The fraction of sp³-hybridized carbons (Fsp3) is 1.00. The summed E-state index contributed by atoms with van der Waals surface area (Å²) in [6.45, 7) is 12.0. The third-order valence-corrected chi connectivity index (χ3v) is 34.5. The van der Waals surface area contributed by atoms with Gasteiger partial charge < -0.3 is 0 Å². The predicted octanol–water partition coefficient (Wildman–Crippen LogP) is 9.27. The van der Waals surface area contributed by atoms with Crippen molar-refractivity contribution in [3.8, 4) is 0 Å². The Bertz CT molecular complexity index is 417. The molecule has 0 radical (unpaired) electrons. The van der Waals surface area contributed by atoms with Crippen LogP contribution in [-0.2, 0) is 0 Å². The molecule has 0 aromatic carbocycles. The second-order valence-electron chi connectivity index (χ2n) is 6.64. The first-order valence-electron chi connectivity index (χ1n) is 5.95. The number of hydrogen-bond acceptors (Lipinski definition) is 0. The van der Waals surface area contributed by atoms with E-state index in [1.165, 1.54) is 0 Å². The van der Waals surface area contributed by atoms with Gasteiger partial charge in [0.05, 0.1) is 10.3 Å². The van der Waals surface area contributed by atoms with E-state index in [9.17, 15) is 0 Å². The van der Waals surface area contributed by atoms with Gasteiger partial charge >= 0.3 is 0 Å². The molecule has 1 aliphatic carbocycles. The molecular weight excluding hydrogens is 1240 g/mol. The molecule has 0 aromatic heterocycles. The van der Waals surface area contributed by atoms with Crippen molar-refractivity contribution in [2.75, 3.05) is 0 Å². The van der Waals surface area contributed by atoms with Gasteiger partial charge in [0, 0.05) is 0 Å². The van der Waals surface area contributed by atoms with Gasteiger partial charge in [-0.15, -0.1) is 0 Å². The van der Waals surface area contributed by atoms with Gasteiger partial charge in [0.2, 0.25) is 0 Å². The summed E-state index contributed by atoms with van der Waals surface area (Å²) >= 11 is 25.9. The van der Waals surface area contributed by atoms with Crippen molar-refractivity contribution in [1.82, 2.24) is 0 Å². The Kier molecular flexibility index (Phi) is 8.73. The lowest BCUT2D eigenvalue weighted by Gasteiger charge is -2.71.